The lowest BCUT2D eigenvalue weighted by Crippen LogP contribution is -2.04. The number of pyridine rings is 1. The predicted molar refractivity (Wildman–Crippen MR) is 121 cm³/mol. The van der Waals surface area contributed by atoms with Gasteiger partial charge >= 0.3 is 0 Å². The van der Waals surface area contributed by atoms with Gasteiger partial charge in [0.05, 0.1) is 0 Å². The van der Waals surface area contributed by atoms with Crippen LogP contribution in [0.25, 0.3) is 11.2 Å². The topological polar surface area (TPSA) is 82.5 Å². The van der Waals surface area contributed by atoms with Gasteiger partial charge in [-0.05, 0) is 58.5 Å². The second-order valence-electron chi connectivity index (χ2n) is 6.64. The highest BCUT2D eigenvalue weighted by Crippen LogP contribution is 2.26. The van der Waals surface area contributed by atoms with Crippen molar-refractivity contribution in [1.29, 1.82) is 0 Å². The third-order valence-corrected chi connectivity index (χ3v) is 6.07. The van der Waals surface area contributed by atoms with Gasteiger partial charge in [-0.2, -0.15) is 0 Å². The Morgan fingerprint density at radius 2 is 1.69 bits per heavy atom. The summed E-state index contributed by atoms with van der Waals surface area (Å²) in [7, 11) is 0. The molecule has 0 amide bonds. The maximum atomic E-state index is 6.17. The summed E-state index contributed by atoms with van der Waals surface area (Å²) in [6.07, 6.45) is 6.54. The number of halogens is 1. The Morgan fingerprint density at radius 3 is 2.48 bits per heavy atom. The van der Waals surface area contributed by atoms with Crippen LogP contribution in [0.2, 0.25) is 0 Å². The standard InChI is InChI=1S/C21H21BrN6S/c22-20-25-17-18(23)26-21(29-14-10-15-5-2-1-3-6-15)27-19(17)28(20)13-4-7-16-8-11-24-12-9-16/h1-3,5-6,8-9,11-12H,4,7,10,13-14H2,(H2,23,26,27). The summed E-state index contributed by atoms with van der Waals surface area (Å²) in [6.45, 7) is 0.796. The molecule has 0 bridgehead atoms. The molecule has 3 aromatic heterocycles. The van der Waals surface area contributed by atoms with Crippen LogP contribution in [0.3, 0.4) is 0 Å². The first-order chi connectivity index (χ1) is 14.2. The molecule has 0 aliphatic heterocycles. The van der Waals surface area contributed by atoms with Gasteiger partial charge in [0.2, 0.25) is 0 Å². The maximum absolute atomic E-state index is 6.17. The first-order valence-corrected chi connectivity index (χ1v) is 11.2. The molecule has 0 aliphatic rings. The summed E-state index contributed by atoms with van der Waals surface area (Å²) in [5, 5.41) is 0.689. The molecule has 0 unspecified atom stereocenters. The molecule has 0 saturated heterocycles. The van der Waals surface area contributed by atoms with Gasteiger partial charge in [-0.3, -0.25) is 4.98 Å². The minimum absolute atomic E-state index is 0.422. The number of aryl methyl sites for hydroxylation is 3. The summed E-state index contributed by atoms with van der Waals surface area (Å²) >= 11 is 5.17. The Balaban J connectivity index is 1.47. The van der Waals surface area contributed by atoms with Gasteiger partial charge in [-0.15, -0.1) is 0 Å². The Morgan fingerprint density at radius 1 is 0.931 bits per heavy atom. The monoisotopic (exact) mass is 468 g/mol. The zero-order chi connectivity index (χ0) is 20.1. The number of imidazole rings is 1. The van der Waals surface area contributed by atoms with Crippen molar-refractivity contribution >= 4 is 44.7 Å². The van der Waals surface area contributed by atoms with Crippen molar-refractivity contribution < 1.29 is 0 Å². The van der Waals surface area contributed by atoms with Crippen molar-refractivity contribution in [3.8, 4) is 0 Å². The van der Waals surface area contributed by atoms with Crippen molar-refractivity contribution in [3.05, 3.63) is 70.7 Å². The van der Waals surface area contributed by atoms with Gasteiger partial charge in [0.1, 0.15) is 0 Å². The highest BCUT2D eigenvalue weighted by atomic mass is 79.9. The van der Waals surface area contributed by atoms with E-state index in [2.05, 4.69) is 59.7 Å². The molecule has 0 fully saturated rings. The lowest BCUT2D eigenvalue weighted by molar-refractivity contribution is 0.639. The van der Waals surface area contributed by atoms with Crippen LogP contribution in [0.1, 0.15) is 17.5 Å². The molecule has 8 heteroatoms. The van der Waals surface area contributed by atoms with Gasteiger partial charge < -0.3 is 10.3 Å². The predicted octanol–water partition coefficient (Wildman–Crippen LogP) is 4.53. The van der Waals surface area contributed by atoms with E-state index in [4.69, 9.17) is 10.7 Å². The van der Waals surface area contributed by atoms with Crippen molar-refractivity contribution in [2.45, 2.75) is 31.0 Å². The number of benzene rings is 1. The smallest absolute Gasteiger partial charge is 0.191 e. The first-order valence-electron chi connectivity index (χ1n) is 9.45. The summed E-state index contributed by atoms with van der Waals surface area (Å²) in [5.41, 5.74) is 10.2. The molecule has 0 aliphatic carbocycles. The number of nitrogens with zero attached hydrogens (tertiary/aromatic N) is 5. The quantitative estimate of drug-likeness (QED) is 0.232. The normalized spacial score (nSPS) is 11.2. The van der Waals surface area contributed by atoms with E-state index in [0.29, 0.717) is 16.5 Å². The van der Waals surface area contributed by atoms with Crippen LogP contribution in [0, 0.1) is 0 Å². The number of hydrogen-bond donors (Lipinski definition) is 1. The molecule has 0 saturated carbocycles. The van der Waals surface area contributed by atoms with Gasteiger partial charge in [-0.25, -0.2) is 15.0 Å². The summed E-state index contributed by atoms with van der Waals surface area (Å²) < 4.78 is 2.80. The van der Waals surface area contributed by atoms with Crippen molar-refractivity contribution in [3.63, 3.8) is 0 Å². The average molecular weight is 469 g/mol. The average Bonchev–Trinajstić information content (AvgIpc) is 3.06. The number of anilines is 1. The molecule has 0 spiro atoms. The van der Waals surface area contributed by atoms with Gasteiger partial charge in [0.15, 0.2) is 26.9 Å². The van der Waals surface area contributed by atoms with E-state index in [9.17, 15) is 0 Å². The largest absolute Gasteiger partial charge is 0.382 e. The number of thioether (sulfide) groups is 1. The molecule has 1 aromatic carbocycles. The molecule has 29 heavy (non-hydrogen) atoms. The summed E-state index contributed by atoms with van der Waals surface area (Å²) in [4.78, 5) is 17.8. The highest BCUT2D eigenvalue weighted by molar-refractivity contribution is 9.10. The SMILES string of the molecule is Nc1nc(SCCc2ccccc2)nc2c1nc(Br)n2CCCc1ccncc1. The van der Waals surface area contributed by atoms with Crippen LogP contribution in [0.5, 0.6) is 0 Å². The lowest BCUT2D eigenvalue weighted by atomic mass is 10.1. The fourth-order valence-corrected chi connectivity index (χ4v) is 4.49. The number of aromatic nitrogens is 5. The zero-order valence-corrected chi connectivity index (χ0v) is 18.2. The molecule has 0 atom stereocenters. The first kappa shape index (κ1) is 19.8. The summed E-state index contributed by atoms with van der Waals surface area (Å²) in [6, 6.07) is 14.5. The van der Waals surface area contributed by atoms with E-state index in [1.807, 2.05) is 30.6 Å². The van der Waals surface area contributed by atoms with E-state index in [-0.39, 0.29) is 0 Å². The van der Waals surface area contributed by atoms with E-state index < -0.39 is 0 Å². The Kier molecular flexibility index (Phi) is 6.41. The third-order valence-electron chi connectivity index (χ3n) is 4.62. The van der Waals surface area contributed by atoms with Crippen LogP contribution in [-0.4, -0.2) is 30.3 Å². The molecule has 4 rings (SSSR count). The van der Waals surface area contributed by atoms with Gasteiger partial charge in [0.25, 0.3) is 0 Å². The van der Waals surface area contributed by atoms with Crippen LogP contribution in [-0.2, 0) is 19.4 Å². The third kappa shape index (κ3) is 4.94. The second-order valence-corrected chi connectivity index (χ2v) is 8.41. The molecular weight excluding hydrogens is 448 g/mol. The van der Waals surface area contributed by atoms with Crippen molar-refractivity contribution in [2.24, 2.45) is 0 Å². The van der Waals surface area contributed by atoms with E-state index in [1.54, 1.807) is 11.8 Å². The minimum Gasteiger partial charge on any atom is -0.382 e. The molecule has 4 aromatic rings. The Bertz CT molecular complexity index is 1080. The molecule has 3 heterocycles. The summed E-state index contributed by atoms with van der Waals surface area (Å²) in [5.74, 6) is 1.32. The maximum Gasteiger partial charge on any atom is 0.191 e. The number of nitrogen functional groups attached to an aromatic ring is 1. The van der Waals surface area contributed by atoms with Gasteiger partial charge in [-0.1, -0.05) is 42.1 Å². The molecular formula is C21H21BrN6S. The van der Waals surface area contributed by atoms with Crippen LogP contribution in [0.15, 0.2) is 64.7 Å². The molecule has 2 N–H and O–H groups in total. The Hall–Kier alpha value is -2.45. The van der Waals surface area contributed by atoms with E-state index in [0.717, 1.165) is 41.9 Å². The van der Waals surface area contributed by atoms with Crippen LogP contribution >= 0.6 is 27.7 Å². The number of hydrogen-bond acceptors (Lipinski definition) is 6. The van der Waals surface area contributed by atoms with Crippen LogP contribution < -0.4 is 5.73 Å². The lowest BCUT2D eigenvalue weighted by Gasteiger charge is -2.07. The van der Waals surface area contributed by atoms with E-state index >= 15 is 0 Å². The van der Waals surface area contributed by atoms with Crippen molar-refractivity contribution in [2.75, 3.05) is 11.5 Å². The zero-order valence-electron chi connectivity index (χ0n) is 15.8. The fourth-order valence-electron chi connectivity index (χ4n) is 3.13. The number of fused-ring (bicyclic) bond motifs is 1. The Labute approximate surface area is 182 Å². The van der Waals surface area contributed by atoms with Crippen molar-refractivity contribution in [1.82, 2.24) is 24.5 Å². The van der Waals surface area contributed by atoms with Crippen LogP contribution in [0.4, 0.5) is 5.82 Å². The van der Waals surface area contributed by atoms with Gasteiger partial charge in [0, 0.05) is 24.7 Å². The number of rotatable bonds is 8. The molecule has 0 radical (unpaired) electrons. The number of nitrogens with two attached hydrogens (primary N) is 1. The minimum atomic E-state index is 0.422. The van der Waals surface area contributed by atoms with E-state index in [1.165, 1.54) is 11.1 Å². The second kappa shape index (κ2) is 9.37. The molecule has 6 nitrogen and oxygen atoms in total. The molecule has 148 valence electrons. The fraction of sp³-hybridized carbons (Fsp3) is 0.238. The highest BCUT2D eigenvalue weighted by Gasteiger charge is 2.15.